The average molecular weight is 301 g/mol. The molecule has 2 atom stereocenters. The van der Waals surface area contributed by atoms with Crippen LogP contribution in [0.25, 0.3) is 5.65 Å². The van der Waals surface area contributed by atoms with Crippen LogP contribution >= 0.6 is 0 Å². The molecule has 2 unspecified atom stereocenters. The Morgan fingerprint density at radius 1 is 1.45 bits per heavy atom. The third kappa shape index (κ3) is 2.47. The van der Waals surface area contributed by atoms with Crippen LogP contribution in [0.2, 0.25) is 0 Å². The normalized spacial score (nSPS) is 22.3. The summed E-state index contributed by atoms with van der Waals surface area (Å²) in [4.78, 5) is 19.2. The number of rotatable bonds is 2. The van der Waals surface area contributed by atoms with Crippen molar-refractivity contribution < 1.29 is 4.79 Å². The van der Waals surface area contributed by atoms with Crippen molar-refractivity contribution in [3.63, 3.8) is 0 Å². The Balaban J connectivity index is 1.96. The number of nitrogens with two attached hydrogens (primary N) is 1. The van der Waals surface area contributed by atoms with E-state index in [1.54, 1.807) is 10.7 Å². The fourth-order valence-electron chi connectivity index (χ4n) is 3.27. The van der Waals surface area contributed by atoms with E-state index in [1.807, 2.05) is 24.8 Å². The topological polar surface area (TPSA) is 76.5 Å². The molecule has 0 radical (unpaired) electrons. The van der Waals surface area contributed by atoms with Crippen LogP contribution in [0.15, 0.2) is 12.3 Å². The Kier molecular flexibility index (Phi) is 3.87. The van der Waals surface area contributed by atoms with Crippen LogP contribution in [0.5, 0.6) is 0 Å². The summed E-state index contributed by atoms with van der Waals surface area (Å²) in [5.74, 6) is 0.635. The van der Waals surface area contributed by atoms with Gasteiger partial charge in [-0.05, 0) is 32.6 Å². The van der Waals surface area contributed by atoms with Crippen LogP contribution in [-0.2, 0) is 0 Å². The zero-order chi connectivity index (χ0) is 15.9. The van der Waals surface area contributed by atoms with Crippen LogP contribution in [0, 0.1) is 19.8 Å². The van der Waals surface area contributed by atoms with Gasteiger partial charge in [0.15, 0.2) is 5.65 Å². The second-order valence-corrected chi connectivity index (χ2v) is 6.33. The number of aryl methyl sites for hydroxylation is 2. The second kappa shape index (κ2) is 5.68. The number of likely N-dealkylation sites (tertiary alicyclic amines) is 1. The summed E-state index contributed by atoms with van der Waals surface area (Å²) in [7, 11) is 0. The van der Waals surface area contributed by atoms with Gasteiger partial charge >= 0.3 is 0 Å². The van der Waals surface area contributed by atoms with Crippen LogP contribution < -0.4 is 5.73 Å². The maximum atomic E-state index is 12.9. The quantitative estimate of drug-likeness (QED) is 0.913. The van der Waals surface area contributed by atoms with Gasteiger partial charge in [0.05, 0.1) is 17.0 Å². The highest BCUT2D eigenvalue weighted by Crippen LogP contribution is 2.24. The zero-order valence-corrected chi connectivity index (χ0v) is 13.4. The first-order chi connectivity index (χ1) is 10.5. The number of carbonyl (C=O) groups excluding carboxylic acids is 1. The van der Waals surface area contributed by atoms with Crippen LogP contribution in [0.4, 0.5) is 0 Å². The molecule has 6 nitrogen and oxygen atoms in total. The molecule has 2 aromatic rings. The lowest BCUT2D eigenvalue weighted by Gasteiger charge is -2.38. The highest BCUT2D eigenvalue weighted by atomic mass is 16.2. The lowest BCUT2D eigenvalue weighted by Crippen LogP contribution is -2.49. The monoisotopic (exact) mass is 301 g/mol. The molecule has 1 amide bonds. The summed E-state index contributed by atoms with van der Waals surface area (Å²) in [5.41, 5.74) is 8.99. The van der Waals surface area contributed by atoms with Crippen molar-refractivity contribution in [2.45, 2.75) is 39.7 Å². The standard InChI is InChI=1S/C16H23N5O/c1-10-4-5-20(13(6-10)8-17)16(22)14-9-18-15-7-11(2)19-21(15)12(14)3/h7,9-10,13H,4-6,8,17H2,1-3H3. The van der Waals surface area contributed by atoms with Gasteiger partial charge in [0, 0.05) is 31.4 Å². The third-order valence-corrected chi connectivity index (χ3v) is 4.59. The molecule has 1 saturated heterocycles. The SMILES string of the molecule is Cc1cc2ncc(C(=O)N3CCC(C)CC3CN)c(C)n2n1. The first kappa shape index (κ1) is 15.0. The Labute approximate surface area is 130 Å². The van der Waals surface area contributed by atoms with E-state index >= 15 is 0 Å². The van der Waals surface area contributed by atoms with Gasteiger partial charge in [-0.3, -0.25) is 4.79 Å². The van der Waals surface area contributed by atoms with Crippen molar-refractivity contribution in [3.05, 3.63) is 29.2 Å². The van der Waals surface area contributed by atoms with Crippen molar-refractivity contribution in [3.8, 4) is 0 Å². The largest absolute Gasteiger partial charge is 0.334 e. The Bertz CT molecular complexity index is 708. The number of piperidine rings is 1. The number of nitrogens with zero attached hydrogens (tertiary/aromatic N) is 4. The van der Waals surface area contributed by atoms with E-state index in [0.29, 0.717) is 18.0 Å². The predicted octanol–water partition coefficient (Wildman–Crippen LogP) is 1.55. The molecule has 3 heterocycles. The smallest absolute Gasteiger partial charge is 0.257 e. The molecule has 0 saturated carbocycles. The van der Waals surface area contributed by atoms with E-state index in [2.05, 4.69) is 17.0 Å². The average Bonchev–Trinajstić information content (AvgIpc) is 2.88. The van der Waals surface area contributed by atoms with E-state index in [0.717, 1.165) is 36.4 Å². The van der Waals surface area contributed by atoms with Crippen molar-refractivity contribution in [1.82, 2.24) is 19.5 Å². The predicted molar refractivity (Wildman–Crippen MR) is 84.7 cm³/mol. The maximum absolute atomic E-state index is 12.9. The second-order valence-electron chi connectivity index (χ2n) is 6.33. The first-order valence-electron chi connectivity index (χ1n) is 7.84. The van der Waals surface area contributed by atoms with Crippen molar-refractivity contribution in [1.29, 1.82) is 0 Å². The summed E-state index contributed by atoms with van der Waals surface area (Å²) >= 11 is 0. The van der Waals surface area contributed by atoms with Gasteiger partial charge in [0.2, 0.25) is 0 Å². The fourth-order valence-corrected chi connectivity index (χ4v) is 3.27. The number of aromatic nitrogens is 3. The van der Waals surface area contributed by atoms with Crippen molar-refractivity contribution in [2.75, 3.05) is 13.1 Å². The lowest BCUT2D eigenvalue weighted by atomic mass is 9.92. The van der Waals surface area contributed by atoms with Gasteiger partial charge in [-0.1, -0.05) is 6.92 Å². The van der Waals surface area contributed by atoms with E-state index in [1.165, 1.54) is 0 Å². The number of hydrogen-bond donors (Lipinski definition) is 1. The molecule has 1 aliphatic heterocycles. The van der Waals surface area contributed by atoms with Crippen molar-refractivity contribution >= 4 is 11.6 Å². The molecular formula is C16H23N5O. The molecule has 0 bridgehead atoms. The van der Waals surface area contributed by atoms with E-state index in [-0.39, 0.29) is 11.9 Å². The van der Waals surface area contributed by atoms with Crippen molar-refractivity contribution in [2.24, 2.45) is 11.7 Å². The summed E-state index contributed by atoms with van der Waals surface area (Å²) in [6.45, 7) is 7.32. The summed E-state index contributed by atoms with van der Waals surface area (Å²) in [6, 6.07) is 2.03. The van der Waals surface area contributed by atoms with Crippen LogP contribution in [0.1, 0.15) is 41.5 Å². The Morgan fingerprint density at radius 2 is 2.23 bits per heavy atom. The molecule has 1 aliphatic rings. The Morgan fingerprint density at radius 3 is 2.95 bits per heavy atom. The molecule has 1 fully saturated rings. The van der Waals surface area contributed by atoms with Crippen LogP contribution in [0.3, 0.4) is 0 Å². The third-order valence-electron chi connectivity index (χ3n) is 4.59. The number of hydrogen-bond acceptors (Lipinski definition) is 4. The van der Waals surface area contributed by atoms with E-state index in [4.69, 9.17) is 5.73 Å². The van der Waals surface area contributed by atoms with E-state index < -0.39 is 0 Å². The van der Waals surface area contributed by atoms with Gasteiger partial charge in [-0.25, -0.2) is 9.50 Å². The summed E-state index contributed by atoms with van der Waals surface area (Å²) in [5, 5.41) is 4.41. The highest BCUT2D eigenvalue weighted by Gasteiger charge is 2.30. The van der Waals surface area contributed by atoms with Gasteiger partial charge in [-0.2, -0.15) is 5.10 Å². The molecule has 0 aliphatic carbocycles. The van der Waals surface area contributed by atoms with Gasteiger partial charge in [-0.15, -0.1) is 0 Å². The summed E-state index contributed by atoms with van der Waals surface area (Å²) in [6.07, 6.45) is 3.66. The minimum atomic E-state index is 0.0161. The number of carbonyl (C=O) groups is 1. The molecule has 6 heteroatoms. The molecule has 2 N–H and O–H groups in total. The van der Waals surface area contributed by atoms with Crippen LogP contribution in [-0.4, -0.2) is 44.5 Å². The fraction of sp³-hybridized carbons (Fsp3) is 0.562. The molecule has 3 rings (SSSR count). The number of amides is 1. The molecule has 2 aromatic heterocycles. The molecular weight excluding hydrogens is 278 g/mol. The zero-order valence-electron chi connectivity index (χ0n) is 13.4. The molecule has 118 valence electrons. The van der Waals surface area contributed by atoms with Gasteiger partial charge in [0.1, 0.15) is 0 Å². The molecule has 0 spiro atoms. The van der Waals surface area contributed by atoms with Gasteiger partial charge < -0.3 is 10.6 Å². The summed E-state index contributed by atoms with van der Waals surface area (Å²) < 4.78 is 1.74. The lowest BCUT2D eigenvalue weighted by molar-refractivity contribution is 0.0571. The molecule has 0 aromatic carbocycles. The maximum Gasteiger partial charge on any atom is 0.257 e. The highest BCUT2D eigenvalue weighted by molar-refractivity contribution is 5.95. The Hall–Kier alpha value is -1.95. The minimum Gasteiger partial charge on any atom is -0.334 e. The van der Waals surface area contributed by atoms with E-state index in [9.17, 15) is 4.79 Å². The first-order valence-corrected chi connectivity index (χ1v) is 7.84. The van der Waals surface area contributed by atoms with Gasteiger partial charge in [0.25, 0.3) is 5.91 Å². The minimum absolute atomic E-state index is 0.0161. The molecule has 22 heavy (non-hydrogen) atoms. The number of fused-ring (bicyclic) bond motifs is 1.